The van der Waals surface area contributed by atoms with Crippen LogP contribution in [0.4, 0.5) is 0 Å². The van der Waals surface area contributed by atoms with E-state index >= 15 is 0 Å². The summed E-state index contributed by atoms with van der Waals surface area (Å²) in [4.78, 5) is 0. The van der Waals surface area contributed by atoms with Crippen LogP contribution >= 0.6 is 0 Å². The van der Waals surface area contributed by atoms with Crippen molar-refractivity contribution in [1.82, 2.24) is 0 Å². The zero-order valence-corrected chi connectivity index (χ0v) is 32.8. The first-order chi connectivity index (χ1) is 23.0. The van der Waals surface area contributed by atoms with Gasteiger partial charge in [-0.15, -0.1) is 0 Å². The maximum Gasteiger partial charge on any atom is 2.00 e. The van der Waals surface area contributed by atoms with Crippen molar-refractivity contribution in [3.8, 4) is 0 Å². The van der Waals surface area contributed by atoms with Gasteiger partial charge in [0, 0.05) is 16.7 Å². The van der Waals surface area contributed by atoms with E-state index in [4.69, 9.17) is 0 Å². The SMILES string of the molecule is CCCCCCCC=CC1=C(c2cccc(CCCC)c2)[N+](=[N-])C(c2ccc(CCCC)cc2)=C1CCCCCC.[CH2-]CC.[CH2-]CC.[Ni+2]. The van der Waals surface area contributed by atoms with Crippen molar-refractivity contribution in [2.75, 3.05) is 0 Å². The summed E-state index contributed by atoms with van der Waals surface area (Å²) in [6, 6.07) is 17.9. The third-order valence-corrected chi connectivity index (χ3v) is 8.39. The number of hydrogen-bond acceptors (Lipinski definition) is 0. The summed E-state index contributed by atoms with van der Waals surface area (Å²) >= 11 is 0. The summed E-state index contributed by atoms with van der Waals surface area (Å²) < 4.78 is 1.52. The Balaban J connectivity index is 0.00000293. The van der Waals surface area contributed by atoms with E-state index in [0.29, 0.717) is 0 Å². The van der Waals surface area contributed by atoms with Crippen LogP contribution in [0.3, 0.4) is 0 Å². The van der Waals surface area contributed by atoms with Crippen LogP contribution < -0.4 is 0 Å². The summed E-state index contributed by atoms with van der Waals surface area (Å²) in [5.74, 6) is 0. The number of hydrogen-bond donors (Lipinski definition) is 0. The second-order valence-electron chi connectivity index (χ2n) is 12.9. The molecule has 2 aromatic carbocycles. The molecule has 0 bridgehead atoms. The van der Waals surface area contributed by atoms with Crippen LogP contribution in [0, 0.1) is 13.8 Å². The van der Waals surface area contributed by atoms with E-state index in [1.54, 1.807) is 0 Å². The molecule has 2 nitrogen and oxygen atoms in total. The van der Waals surface area contributed by atoms with Crippen molar-refractivity contribution in [3.05, 3.63) is 113 Å². The first-order valence-corrected chi connectivity index (χ1v) is 19.4. The number of nitrogens with zero attached hydrogens (tertiary/aromatic N) is 2. The van der Waals surface area contributed by atoms with Gasteiger partial charge in [-0.25, -0.2) is 4.70 Å². The fourth-order valence-electron chi connectivity index (χ4n) is 5.89. The van der Waals surface area contributed by atoms with E-state index in [9.17, 15) is 5.53 Å². The predicted molar refractivity (Wildman–Crippen MR) is 210 cm³/mol. The second kappa shape index (κ2) is 29.7. The minimum absolute atomic E-state index is 0. The normalized spacial score (nSPS) is 12.5. The summed E-state index contributed by atoms with van der Waals surface area (Å²) in [5, 5.41) is 0. The van der Waals surface area contributed by atoms with E-state index in [0.717, 1.165) is 67.5 Å². The van der Waals surface area contributed by atoms with Crippen molar-refractivity contribution >= 4 is 11.4 Å². The zero-order valence-electron chi connectivity index (χ0n) is 31.8. The standard InChI is InChI=1S/C39H56N2.2C3H7.Ni/c1-5-9-13-15-16-17-19-26-37-36(25-18-14-10-6-2)38(34-29-27-32(28-30-34)21-11-7-3)41(40)39(37)35-24-20-23-33(31-35)22-12-8-4;2*1-3-2;/h19-20,23-24,26-31H,5-18,21-22,25H2,1-4H3;2*1,3H2,2H3;/q;2*-1;+2. The number of benzene rings is 2. The Bertz CT molecular complexity index is 1200. The molecular formula is C45H70N2Ni. The molecule has 0 radical (unpaired) electrons. The molecule has 270 valence electrons. The van der Waals surface area contributed by atoms with E-state index in [1.807, 2.05) is 13.8 Å². The summed E-state index contributed by atoms with van der Waals surface area (Å²) in [5.41, 5.74) is 21.3. The van der Waals surface area contributed by atoms with Gasteiger partial charge in [-0.2, -0.15) is 12.8 Å². The van der Waals surface area contributed by atoms with Crippen LogP contribution in [0.15, 0.2) is 71.8 Å². The second-order valence-corrected chi connectivity index (χ2v) is 12.9. The molecule has 48 heavy (non-hydrogen) atoms. The van der Waals surface area contributed by atoms with Crippen LogP contribution in [-0.2, 0) is 29.3 Å². The van der Waals surface area contributed by atoms with Crippen molar-refractivity contribution in [2.24, 2.45) is 0 Å². The molecule has 0 aromatic heterocycles. The number of aryl methyl sites for hydroxylation is 2. The molecule has 0 saturated carbocycles. The molecule has 1 aliphatic rings. The average molecular weight is 698 g/mol. The Labute approximate surface area is 308 Å². The Kier molecular flexibility index (Phi) is 28.3. The smallest absolute Gasteiger partial charge is 0.493 e. The molecule has 2 aromatic rings. The first kappa shape index (κ1) is 45.8. The van der Waals surface area contributed by atoms with Crippen molar-refractivity contribution in [1.29, 1.82) is 0 Å². The molecule has 0 spiro atoms. The van der Waals surface area contributed by atoms with Crippen LogP contribution in [0.2, 0.25) is 0 Å². The molecule has 0 fully saturated rings. The number of unbranched alkanes of at least 4 members (excludes halogenated alkanes) is 10. The third-order valence-electron chi connectivity index (χ3n) is 8.39. The molecule has 0 amide bonds. The zero-order chi connectivity index (χ0) is 34.7. The van der Waals surface area contributed by atoms with Gasteiger partial charge in [0.05, 0.1) is 5.57 Å². The largest absolute Gasteiger partial charge is 2.00 e. The van der Waals surface area contributed by atoms with Crippen molar-refractivity contribution in [2.45, 2.75) is 164 Å². The van der Waals surface area contributed by atoms with Gasteiger partial charge in [0.2, 0.25) is 11.4 Å². The molecule has 0 unspecified atom stereocenters. The van der Waals surface area contributed by atoms with Crippen molar-refractivity contribution in [3.63, 3.8) is 0 Å². The van der Waals surface area contributed by atoms with Gasteiger partial charge in [0.15, 0.2) is 0 Å². The van der Waals surface area contributed by atoms with Crippen molar-refractivity contribution < 1.29 is 21.2 Å². The third kappa shape index (κ3) is 16.9. The molecular weight excluding hydrogens is 627 g/mol. The molecule has 1 aliphatic heterocycles. The molecule has 0 aliphatic carbocycles. The minimum atomic E-state index is 0. The summed E-state index contributed by atoms with van der Waals surface area (Å²) in [6.07, 6.45) is 27.1. The van der Waals surface area contributed by atoms with E-state index in [-0.39, 0.29) is 16.5 Å². The molecule has 0 saturated heterocycles. The Morgan fingerprint density at radius 3 is 1.71 bits per heavy atom. The fourth-order valence-corrected chi connectivity index (χ4v) is 5.89. The van der Waals surface area contributed by atoms with Gasteiger partial charge in [-0.1, -0.05) is 136 Å². The van der Waals surface area contributed by atoms with Crippen LogP contribution in [-0.4, -0.2) is 4.70 Å². The molecule has 3 heteroatoms. The van der Waals surface area contributed by atoms with E-state index in [1.165, 1.54) is 104 Å². The summed E-state index contributed by atoms with van der Waals surface area (Å²) in [7, 11) is 0. The molecule has 0 N–H and O–H groups in total. The molecule has 1 heterocycles. The number of rotatable bonds is 20. The van der Waals surface area contributed by atoms with Gasteiger partial charge >= 0.3 is 16.5 Å². The fraction of sp³-hybridized carbons (Fsp3) is 0.556. The van der Waals surface area contributed by atoms with Gasteiger partial charge in [-0.05, 0) is 86.8 Å². The predicted octanol–water partition coefficient (Wildman–Crippen LogP) is 14.9. The molecule has 0 atom stereocenters. The Morgan fingerprint density at radius 2 is 1.12 bits per heavy atom. The Hall–Kier alpha value is -2.25. The Morgan fingerprint density at radius 1 is 0.583 bits per heavy atom. The van der Waals surface area contributed by atoms with Gasteiger partial charge in [0.25, 0.3) is 0 Å². The monoisotopic (exact) mass is 696 g/mol. The minimum Gasteiger partial charge on any atom is -0.493 e. The topological polar surface area (TPSA) is 25.3 Å². The maximum absolute atomic E-state index is 12.0. The van der Waals surface area contributed by atoms with Gasteiger partial charge < -0.3 is 19.4 Å². The van der Waals surface area contributed by atoms with E-state index < -0.39 is 0 Å². The van der Waals surface area contributed by atoms with Crippen LogP contribution in [0.5, 0.6) is 0 Å². The first-order valence-electron chi connectivity index (χ1n) is 19.4. The van der Waals surface area contributed by atoms with E-state index in [2.05, 4.69) is 102 Å². The quantitative estimate of drug-likeness (QED) is 0.0570. The number of allylic oxidation sites excluding steroid dienone is 4. The van der Waals surface area contributed by atoms with Gasteiger partial charge in [0.1, 0.15) is 0 Å². The molecule has 3 rings (SSSR count). The average Bonchev–Trinajstić information content (AvgIpc) is 3.35. The van der Waals surface area contributed by atoms with Gasteiger partial charge in [-0.3, -0.25) is 0 Å². The maximum atomic E-state index is 12.0. The van der Waals surface area contributed by atoms with Crippen LogP contribution in [0.1, 0.15) is 173 Å². The summed E-state index contributed by atoms with van der Waals surface area (Å²) in [6.45, 7) is 20.0. The van der Waals surface area contributed by atoms with Crippen LogP contribution in [0.25, 0.3) is 16.9 Å².